The summed E-state index contributed by atoms with van der Waals surface area (Å²) in [5.41, 5.74) is 2.28. The molecule has 2 aromatic rings. The van der Waals surface area contributed by atoms with Gasteiger partial charge in [-0.2, -0.15) is 5.10 Å². The normalized spacial score (nSPS) is 19.7. The zero-order chi connectivity index (χ0) is 19.0. The molecule has 1 unspecified atom stereocenters. The Kier molecular flexibility index (Phi) is 4.51. The van der Waals surface area contributed by atoms with Gasteiger partial charge in [0.25, 0.3) is 5.91 Å². The van der Waals surface area contributed by atoms with Crippen LogP contribution in [0.1, 0.15) is 37.1 Å². The fraction of sp³-hybridized carbons (Fsp3) is 0.350. The smallest absolute Gasteiger partial charge is 0.270 e. The Hall–Kier alpha value is -2.96. The SMILES string of the molecule is CC1c2cccn2CCN1C(=O)C1=NN(Cc2ccc(F)cc2)C(=O)CC1. The predicted octanol–water partition coefficient (Wildman–Crippen LogP) is 2.71. The average molecular weight is 368 g/mol. The first-order valence-electron chi connectivity index (χ1n) is 9.11. The highest BCUT2D eigenvalue weighted by atomic mass is 19.1. The summed E-state index contributed by atoms with van der Waals surface area (Å²) in [6, 6.07) is 9.92. The second-order valence-corrected chi connectivity index (χ2v) is 6.93. The molecule has 2 aliphatic rings. The topological polar surface area (TPSA) is 57.9 Å². The number of hydrogen-bond acceptors (Lipinski definition) is 3. The van der Waals surface area contributed by atoms with Gasteiger partial charge in [-0.25, -0.2) is 9.40 Å². The third kappa shape index (κ3) is 3.37. The van der Waals surface area contributed by atoms with E-state index in [4.69, 9.17) is 0 Å². The maximum Gasteiger partial charge on any atom is 0.270 e. The van der Waals surface area contributed by atoms with E-state index in [1.165, 1.54) is 17.1 Å². The van der Waals surface area contributed by atoms with Gasteiger partial charge in [0.05, 0.1) is 12.6 Å². The quantitative estimate of drug-likeness (QED) is 0.836. The van der Waals surface area contributed by atoms with Crippen molar-refractivity contribution in [2.24, 2.45) is 5.10 Å². The molecule has 2 aliphatic heterocycles. The minimum Gasteiger partial charge on any atom is -0.348 e. The lowest BCUT2D eigenvalue weighted by Gasteiger charge is -2.36. The Morgan fingerprint density at radius 1 is 1.19 bits per heavy atom. The number of carbonyl (C=O) groups is 2. The van der Waals surface area contributed by atoms with Crippen LogP contribution in [-0.2, 0) is 22.7 Å². The van der Waals surface area contributed by atoms with Crippen molar-refractivity contribution in [3.63, 3.8) is 0 Å². The molecular weight excluding hydrogens is 347 g/mol. The molecule has 1 aromatic heterocycles. The highest BCUT2D eigenvalue weighted by molar-refractivity contribution is 6.39. The first-order chi connectivity index (χ1) is 13.0. The minimum atomic E-state index is -0.327. The molecular formula is C20H21FN4O2. The van der Waals surface area contributed by atoms with Gasteiger partial charge < -0.3 is 9.47 Å². The fourth-order valence-electron chi connectivity index (χ4n) is 3.66. The Balaban J connectivity index is 1.53. The van der Waals surface area contributed by atoms with Crippen LogP contribution in [0, 0.1) is 5.82 Å². The van der Waals surface area contributed by atoms with Crippen molar-refractivity contribution in [2.75, 3.05) is 6.54 Å². The van der Waals surface area contributed by atoms with E-state index in [9.17, 15) is 14.0 Å². The number of carbonyl (C=O) groups excluding carboxylic acids is 2. The number of aromatic nitrogens is 1. The lowest BCUT2D eigenvalue weighted by molar-refractivity contribution is -0.133. The number of fused-ring (bicyclic) bond motifs is 1. The molecule has 1 aromatic carbocycles. The summed E-state index contributed by atoms with van der Waals surface area (Å²) in [4.78, 5) is 27.1. The van der Waals surface area contributed by atoms with Gasteiger partial charge in [0.2, 0.25) is 5.91 Å². The van der Waals surface area contributed by atoms with E-state index in [-0.39, 0.29) is 36.6 Å². The maximum absolute atomic E-state index is 13.1. The molecule has 1 atom stereocenters. The molecule has 140 valence electrons. The highest BCUT2D eigenvalue weighted by Crippen LogP contribution is 2.26. The minimum absolute atomic E-state index is 0.0351. The highest BCUT2D eigenvalue weighted by Gasteiger charge is 2.32. The molecule has 3 heterocycles. The monoisotopic (exact) mass is 368 g/mol. The van der Waals surface area contributed by atoms with Gasteiger partial charge in [0.15, 0.2) is 0 Å². The number of hydrazone groups is 1. The zero-order valence-electron chi connectivity index (χ0n) is 15.1. The molecule has 7 heteroatoms. The number of hydrogen-bond donors (Lipinski definition) is 0. The number of amides is 2. The van der Waals surface area contributed by atoms with Crippen LogP contribution in [0.3, 0.4) is 0 Å². The second kappa shape index (κ2) is 6.98. The van der Waals surface area contributed by atoms with E-state index in [0.717, 1.165) is 17.8 Å². The van der Waals surface area contributed by atoms with E-state index in [2.05, 4.69) is 9.67 Å². The number of nitrogens with zero attached hydrogens (tertiary/aromatic N) is 4. The van der Waals surface area contributed by atoms with Gasteiger partial charge in [0, 0.05) is 37.8 Å². The third-order valence-electron chi connectivity index (χ3n) is 5.20. The Morgan fingerprint density at radius 3 is 2.74 bits per heavy atom. The molecule has 27 heavy (non-hydrogen) atoms. The van der Waals surface area contributed by atoms with Crippen molar-refractivity contribution in [3.8, 4) is 0 Å². The predicted molar refractivity (Wildman–Crippen MR) is 98.2 cm³/mol. The molecule has 0 fully saturated rings. The number of benzene rings is 1. The van der Waals surface area contributed by atoms with E-state index in [1.54, 1.807) is 12.1 Å². The van der Waals surface area contributed by atoms with Crippen LogP contribution in [0.2, 0.25) is 0 Å². The molecule has 0 bridgehead atoms. The third-order valence-corrected chi connectivity index (χ3v) is 5.20. The molecule has 0 radical (unpaired) electrons. The lowest BCUT2D eigenvalue weighted by Crippen LogP contribution is -2.46. The van der Waals surface area contributed by atoms with E-state index in [0.29, 0.717) is 18.7 Å². The molecule has 4 rings (SSSR count). The Bertz CT molecular complexity index is 903. The Labute approximate surface area is 156 Å². The van der Waals surface area contributed by atoms with Crippen LogP contribution in [0.25, 0.3) is 0 Å². The fourth-order valence-corrected chi connectivity index (χ4v) is 3.66. The molecule has 0 spiro atoms. The second-order valence-electron chi connectivity index (χ2n) is 6.93. The summed E-state index contributed by atoms with van der Waals surface area (Å²) in [5.74, 6) is -0.574. The van der Waals surface area contributed by atoms with Crippen molar-refractivity contribution in [2.45, 2.75) is 38.9 Å². The van der Waals surface area contributed by atoms with E-state index >= 15 is 0 Å². The van der Waals surface area contributed by atoms with Crippen molar-refractivity contribution in [1.29, 1.82) is 0 Å². The lowest BCUT2D eigenvalue weighted by atomic mass is 10.1. The van der Waals surface area contributed by atoms with Crippen molar-refractivity contribution >= 4 is 17.5 Å². The van der Waals surface area contributed by atoms with Gasteiger partial charge >= 0.3 is 0 Å². The van der Waals surface area contributed by atoms with Crippen LogP contribution < -0.4 is 0 Å². The summed E-state index contributed by atoms with van der Waals surface area (Å²) in [5, 5.41) is 5.66. The summed E-state index contributed by atoms with van der Waals surface area (Å²) in [6.45, 7) is 3.61. The number of rotatable bonds is 3. The molecule has 6 nitrogen and oxygen atoms in total. The summed E-state index contributed by atoms with van der Waals surface area (Å²) < 4.78 is 15.2. The Morgan fingerprint density at radius 2 is 1.96 bits per heavy atom. The van der Waals surface area contributed by atoms with Crippen LogP contribution in [-0.4, -0.2) is 38.5 Å². The molecule has 0 saturated heterocycles. The maximum atomic E-state index is 13.1. The largest absolute Gasteiger partial charge is 0.348 e. The molecule has 0 aliphatic carbocycles. The summed E-state index contributed by atoms with van der Waals surface area (Å²) in [6.07, 6.45) is 2.63. The molecule has 0 saturated carbocycles. The van der Waals surface area contributed by atoms with Crippen LogP contribution in [0.5, 0.6) is 0 Å². The van der Waals surface area contributed by atoms with E-state index in [1.807, 2.05) is 30.2 Å². The van der Waals surface area contributed by atoms with Gasteiger partial charge in [-0.1, -0.05) is 12.1 Å². The molecule has 2 amide bonds. The average Bonchev–Trinajstić information content (AvgIpc) is 3.15. The standard InChI is InChI=1S/C20H21FN4O2/c1-14-18-3-2-10-23(18)11-12-24(14)20(27)17-8-9-19(26)25(22-17)13-15-4-6-16(21)7-5-15/h2-7,10,14H,8-9,11-13H2,1H3. The summed E-state index contributed by atoms with van der Waals surface area (Å²) >= 11 is 0. The van der Waals surface area contributed by atoms with Crippen LogP contribution >= 0.6 is 0 Å². The van der Waals surface area contributed by atoms with Gasteiger partial charge in [-0.15, -0.1) is 0 Å². The van der Waals surface area contributed by atoms with Gasteiger partial charge in [-0.05, 0) is 36.8 Å². The van der Waals surface area contributed by atoms with Gasteiger partial charge in [-0.3, -0.25) is 9.59 Å². The van der Waals surface area contributed by atoms with Crippen molar-refractivity contribution < 1.29 is 14.0 Å². The zero-order valence-corrected chi connectivity index (χ0v) is 15.1. The molecule has 0 N–H and O–H groups in total. The van der Waals surface area contributed by atoms with E-state index < -0.39 is 0 Å². The first kappa shape index (κ1) is 17.5. The van der Waals surface area contributed by atoms with Crippen LogP contribution in [0.15, 0.2) is 47.7 Å². The summed E-state index contributed by atoms with van der Waals surface area (Å²) in [7, 11) is 0. The van der Waals surface area contributed by atoms with Crippen molar-refractivity contribution in [3.05, 3.63) is 59.7 Å². The first-order valence-corrected chi connectivity index (χ1v) is 9.11. The number of halogens is 1. The van der Waals surface area contributed by atoms with Crippen LogP contribution in [0.4, 0.5) is 4.39 Å². The van der Waals surface area contributed by atoms with Gasteiger partial charge in [0.1, 0.15) is 11.5 Å². The van der Waals surface area contributed by atoms with Crippen molar-refractivity contribution in [1.82, 2.24) is 14.5 Å².